The van der Waals surface area contributed by atoms with Crippen molar-refractivity contribution in [2.24, 2.45) is 16.6 Å². The van der Waals surface area contributed by atoms with E-state index in [0.717, 1.165) is 74.1 Å². The number of amides is 1. The zero-order valence-corrected chi connectivity index (χ0v) is 56.8. The summed E-state index contributed by atoms with van der Waals surface area (Å²) in [5, 5.41) is 0. The van der Waals surface area contributed by atoms with Crippen LogP contribution in [0.5, 0.6) is 11.5 Å². The number of ether oxygens (including phenoxy) is 3. The van der Waals surface area contributed by atoms with Crippen LogP contribution in [0.3, 0.4) is 0 Å². The van der Waals surface area contributed by atoms with Crippen LogP contribution in [0.4, 0.5) is 5.69 Å². The minimum atomic E-state index is -0.529. The number of nitrogens with zero attached hydrogens (tertiary/aromatic N) is 3. The maximum Gasteiger partial charge on any atom is 0.222 e. The fraction of sp³-hybridized carbons (Fsp3) is 0.823. The monoisotopic (exact) mass is 1210 g/mol. The van der Waals surface area contributed by atoms with Gasteiger partial charge in [0.05, 0.1) is 18.9 Å². The fourth-order valence-electron chi connectivity index (χ4n) is 15.4. The molecule has 3 fully saturated rings. The highest BCUT2D eigenvalue weighted by Gasteiger charge is 2.39. The standard InChI is InChI=1S/C79H136N4O4/c1-82(72-55-49-46-50-56-72)77(84)62-61-76(83-69-71-68-74(59-60-75(71)81-78(83)80)87-73-57-51-47-52-58-73)70-54-48-44-42-40-38-36-34-32-30-28-26-24-22-20-18-16-14-12-10-8-6-4-2-3-5-7-9-11-13-15-17-19-21-23-25-27-29-31-33-35-37-39-41-43-45-53-64-79(65-63-70)85-66-67-86-79/h47,51-52,57-60,68,70,72,76H,2-46,48-50,53-56,61-67,69H2,1H3,(H2,80,81). The Bertz CT molecular complexity index is 2000. The highest BCUT2D eigenvalue weighted by molar-refractivity contribution is 5.84. The van der Waals surface area contributed by atoms with Gasteiger partial charge in [-0.15, -0.1) is 0 Å². The summed E-state index contributed by atoms with van der Waals surface area (Å²) in [5.41, 5.74) is 9.14. The average molecular weight is 1210 g/mol. The lowest BCUT2D eigenvalue weighted by molar-refractivity contribution is -0.171. The molecule has 4 aliphatic rings. The van der Waals surface area contributed by atoms with E-state index in [4.69, 9.17) is 24.9 Å². The molecule has 8 nitrogen and oxygen atoms in total. The lowest BCUT2D eigenvalue weighted by Gasteiger charge is -2.41. The van der Waals surface area contributed by atoms with Gasteiger partial charge in [0.2, 0.25) is 5.91 Å². The number of nitrogens with two attached hydrogens (primary N) is 1. The van der Waals surface area contributed by atoms with Crippen molar-refractivity contribution in [1.82, 2.24) is 9.80 Å². The first kappa shape index (κ1) is 73.0. The van der Waals surface area contributed by atoms with Gasteiger partial charge in [0.15, 0.2) is 11.7 Å². The third kappa shape index (κ3) is 32.2. The number of carbonyl (C=O) groups is 1. The average Bonchev–Trinajstić information content (AvgIpc) is 2.45. The van der Waals surface area contributed by atoms with Gasteiger partial charge in [0, 0.05) is 50.5 Å². The fourth-order valence-corrected chi connectivity index (χ4v) is 15.4. The first-order valence-corrected chi connectivity index (χ1v) is 38.5. The molecule has 2 aliphatic carbocycles. The van der Waals surface area contributed by atoms with E-state index in [9.17, 15) is 4.79 Å². The summed E-state index contributed by atoms with van der Waals surface area (Å²) in [6, 6.07) is 16.6. The first-order chi connectivity index (χ1) is 43.0. The van der Waals surface area contributed by atoms with Gasteiger partial charge in [-0.25, -0.2) is 4.99 Å². The predicted molar refractivity (Wildman–Crippen MR) is 371 cm³/mol. The smallest absolute Gasteiger partial charge is 0.222 e. The molecule has 2 unspecified atom stereocenters. The van der Waals surface area contributed by atoms with E-state index in [1.807, 2.05) is 36.4 Å². The highest BCUT2D eigenvalue weighted by atomic mass is 16.7. The Morgan fingerprint density at radius 3 is 1.30 bits per heavy atom. The molecule has 1 spiro atoms. The minimum Gasteiger partial charge on any atom is -0.457 e. The van der Waals surface area contributed by atoms with E-state index in [1.165, 1.54) is 308 Å². The summed E-state index contributed by atoms with van der Waals surface area (Å²) in [6.07, 6.45) is 76.1. The van der Waals surface area contributed by atoms with E-state index in [1.54, 1.807) is 0 Å². The number of hydrogen-bond donors (Lipinski definition) is 1. The maximum absolute atomic E-state index is 14.3. The number of para-hydroxylation sites is 1. The Morgan fingerprint density at radius 1 is 0.494 bits per heavy atom. The third-order valence-electron chi connectivity index (χ3n) is 21.1. The minimum absolute atomic E-state index is 0.0495. The lowest BCUT2D eigenvalue weighted by Crippen LogP contribution is -2.49. The molecule has 2 aliphatic heterocycles. The van der Waals surface area contributed by atoms with Crippen LogP contribution in [0, 0.1) is 5.92 Å². The molecular formula is C79H136N4O4. The molecule has 0 radical (unpaired) electrons. The number of benzene rings is 2. The normalized spacial score (nSPS) is 23.6. The predicted octanol–water partition coefficient (Wildman–Crippen LogP) is 24.1. The van der Waals surface area contributed by atoms with Crippen LogP contribution in [-0.2, 0) is 20.8 Å². The molecule has 2 atom stereocenters. The number of carbonyl (C=O) groups excluding carboxylic acids is 1. The van der Waals surface area contributed by atoms with Crippen molar-refractivity contribution in [2.45, 2.75) is 390 Å². The number of hydrogen-bond acceptors (Lipinski definition) is 7. The van der Waals surface area contributed by atoms with E-state index >= 15 is 0 Å². The summed E-state index contributed by atoms with van der Waals surface area (Å²) >= 11 is 0. The van der Waals surface area contributed by atoms with E-state index in [2.05, 4.69) is 29.0 Å². The molecule has 87 heavy (non-hydrogen) atoms. The molecule has 2 aromatic carbocycles. The molecule has 2 heterocycles. The first-order valence-electron chi connectivity index (χ1n) is 38.5. The largest absolute Gasteiger partial charge is 0.457 e. The number of rotatable bonds is 8. The Hall–Kier alpha value is -3.10. The molecular weight excluding hydrogens is 1070 g/mol. The highest BCUT2D eigenvalue weighted by Crippen LogP contribution is 2.39. The Balaban J connectivity index is 1.01. The Labute approximate surface area is 536 Å². The van der Waals surface area contributed by atoms with Gasteiger partial charge < -0.3 is 29.7 Å². The van der Waals surface area contributed by atoms with Crippen LogP contribution < -0.4 is 10.5 Å². The van der Waals surface area contributed by atoms with E-state index < -0.39 is 5.79 Å². The van der Waals surface area contributed by atoms with Gasteiger partial charge >= 0.3 is 0 Å². The number of aliphatic imine (C=N–C) groups is 1. The second kappa shape index (κ2) is 47.8. The summed E-state index contributed by atoms with van der Waals surface area (Å²) in [4.78, 5) is 23.8. The van der Waals surface area contributed by atoms with E-state index in [0.29, 0.717) is 44.1 Å². The van der Waals surface area contributed by atoms with Crippen molar-refractivity contribution in [3.8, 4) is 11.5 Å². The van der Waals surface area contributed by atoms with Crippen molar-refractivity contribution in [1.29, 1.82) is 0 Å². The van der Waals surface area contributed by atoms with Crippen LogP contribution in [0.2, 0.25) is 0 Å². The summed E-state index contributed by atoms with van der Waals surface area (Å²) in [6.45, 7) is 1.99. The molecule has 2 N–H and O–H groups in total. The zero-order chi connectivity index (χ0) is 60.8. The van der Waals surface area contributed by atoms with Gasteiger partial charge in [0.1, 0.15) is 11.5 Å². The van der Waals surface area contributed by atoms with Crippen LogP contribution in [0.25, 0.3) is 0 Å². The quantitative estimate of drug-likeness (QED) is 0.283. The Kier molecular flexibility index (Phi) is 40.1. The SMILES string of the molecule is CN(C(=O)CCC(C1CCCCCCCCCCCCCCCCCCCCCCCCCCCCCCCCCCCCCCCCCCCCCCCCC2(CC1)OCCO2)N1Cc2cc(Oc3ccccc3)ccc2N=C1N)C1CCCCC1. The number of fused-ring (bicyclic) bond motifs is 1. The topological polar surface area (TPSA) is 89.6 Å². The summed E-state index contributed by atoms with van der Waals surface area (Å²) in [7, 11) is 2.06. The molecule has 6 rings (SSSR count). The second-order valence-corrected chi connectivity index (χ2v) is 28.4. The van der Waals surface area contributed by atoms with Gasteiger partial charge in [-0.1, -0.05) is 326 Å². The van der Waals surface area contributed by atoms with Crippen molar-refractivity contribution < 1.29 is 19.0 Å². The molecule has 1 amide bonds. The van der Waals surface area contributed by atoms with Gasteiger partial charge in [-0.05, 0) is 74.8 Å². The van der Waals surface area contributed by atoms with Crippen LogP contribution >= 0.6 is 0 Å². The zero-order valence-electron chi connectivity index (χ0n) is 56.8. The molecule has 8 heteroatoms. The molecule has 0 bridgehead atoms. The van der Waals surface area contributed by atoms with Crippen molar-refractivity contribution in [3.63, 3.8) is 0 Å². The van der Waals surface area contributed by atoms with Gasteiger partial charge in [-0.3, -0.25) is 4.79 Å². The van der Waals surface area contributed by atoms with Crippen molar-refractivity contribution in [2.75, 3.05) is 20.3 Å². The number of guanidine groups is 1. The maximum atomic E-state index is 14.3. The lowest BCUT2D eigenvalue weighted by atomic mass is 9.83. The van der Waals surface area contributed by atoms with Crippen molar-refractivity contribution in [3.05, 3.63) is 54.1 Å². The molecule has 1 saturated heterocycles. The molecule has 2 aromatic rings. The van der Waals surface area contributed by atoms with Crippen LogP contribution in [0.15, 0.2) is 53.5 Å². The summed E-state index contributed by atoms with van der Waals surface area (Å²) < 4.78 is 19.7. The second-order valence-electron chi connectivity index (χ2n) is 28.4. The van der Waals surface area contributed by atoms with Gasteiger partial charge in [0.25, 0.3) is 0 Å². The van der Waals surface area contributed by atoms with Crippen LogP contribution in [0.1, 0.15) is 372 Å². The third-order valence-corrected chi connectivity index (χ3v) is 21.1. The van der Waals surface area contributed by atoms with E-state index in [-0.39, 0.29) is 11.9 Å². The molecule has 0 aromatic heterocycles. The van der Waals surface area contributed by atoms with Crippen LogP contribution in [-0.4, -0.2) is 59.8 Å². The van der Waals surface area contributed by atoms with Crippen molar-refractivity contribution >= 4 is 17.6 Å². The molecule has 496 valence electrons. The van der Waals surface area contributed by atoms with Gasteiger partial charge in [-0.2, -0.15) is 0 Å². The summed E-state index contributed by atoms with van der Waals surface area (Å²) in [5.74, 6) is 2.23. The molecule has 2 saturated carbocycles. The Morgan fingerprint density at radius 2 is 0.874 bits per heavy atom.